The van der Waals surface area contributed by atoms with Crippen LogP contribution >= 0.6 is 0 Å². The van der Waals surface area contributed by atoms with Gasteiger partial charge >= 0.3 is 12.6 Å². The zero-order chi connectivity index (χ0) is 21.6. The molecule has 2 N–H and O–H groups in total. The minimum atomic E-state index is -3.07. The fraction of sp³-hybridized carbons (Fsp3) is 0.211. The van der Waals surface area contributed by atoms with Crippen LogP contribution in [0.3, 0.4) is 0 Å². The van der Waals surface area contributed by atoms with Gasteiger partial charge < -0.3 is 15.0 Å². The Kier molecular flexibility index (Phi) is 4.60. The van der Waals surface area contributed by atoms with E-state index >= 15 is 0 Å². The molecule has 0 aromatic heterocycles. The SMILES string of the molecule is O=C1NC(=O)C(CN2Cc3ccc(OC(F)F)cc3C2=O)(c2cc(F)cc(F)c2)N1. The molecule has 2 heterocycles. The second kappa shape index (κ2) is 7.01. The molecule has 0 aliphatic carbocycles. The Balaban J connectivity index is 1.68. The molecule has 156 valence electrons. The first-order chi connectivity index (χ1) is 14.2. The lowest BCUT2D eigenvalue weighted by Gasteiger charge is -2.31. The molecule has 2 aliphatic rings. The van der Waals surface area contributed by atoms with Crippen LogP contribution in [-0.2, 0) is 16.9 Å². The number of hydrogen-bond acceptors (Lipinski definition) is 4. The first kappa shape index (κ1) is 19.7. The summed E-state index contributed by atoms with van der Waals surface area (Å²) in [4.78, 5) is 38.4. The van der Waals surface area contributed by atoms with Crippen LogP contribution in [0.15, 0.2) is 36.4 Å². The van der Waals surface area contributed by atoms with Gasteiger partial charge in [-0.2, -0.15) is 8.78 Å². The van der Waals surface area contributed by atoms with Crippen LogP contribution in [0.25, 0.3) is 0 Å². The number of rotatable bonds is 5. The second-order valence-electron chi connectivity index (χ2n) is 6.83. The topological polar surface area (TPSA) is 87.7 Å². The van der Waals surface area contributed by atoms with Crippen LogP contribution < -0.4 is 15.4 Å². The molecule has 4 rings (SSSR count). The van der Waals surface area contributed by atoms with Crippen molar-refractivity contribution in [3.05, 3.63) is 64.7 Å². The van der Waals surface area contributed by atoms with Gasteiger partial charge in [0.05, 0.1) is 6.54 Å². The van der Waals surface area contributed by atoms with E-state index in [1.165, 1.54) is 17.0 Å². The molecule has 1 saturated heterocycles. The Bertz CT molecular complexity index is 1060. The molecule has 0 radical (unpaired) electrons. The number of amides is 4. The number of fused-ring (bicyclic) bond motifs is 1. The Morgan fingerprint density at radius 3 is 2.37 bits per heavy atom. The van der Waals surface area contributed by atoms with Gasteiger partial charge in [0.2, 0.25) is 0 Å². The van der Waals surface area contributed by atoms with Crippen molar-refractivity contribution in [2.24, 2.45) is 0 Å². The number of alkyl halides is 2. The largest absolute Gasteiger partial charge is 0.435 e. The molecule has 2 aromatic carbocycles. The summed E-state index contributed by atoms with van der Waals surface area (Å²) in [6.07, 6.45) is 0. The normalized spacial score (nSPS) is 20.4. The number of nitrogens with one attached hydrogen (secondary N) is 2. The van der Waals surface area contributed by atoms with Crippen LogP contribution in [0, 0.1) is 11.6 Å². The van der Waals surface area contributed by atoms with Gasteiger partial charge in [0.1, 0.15) is 17.4 Å². The zero-order valence-corrected chi connectivity index (χ0v) is 15.0. The summed E-state index contributed by atoms with van der Waals surface area (Å²) in [7, 11) is 0. The number of carbonyl (C=O) groups is 3. The van der Waals surface area contributed by atoms with E-state index in [1.807, 2.05) is 5.32 Å². The van der Waals surface area contributed by atoms with Gasteiger partial charge in [-0.05, 0) is 35.4 Å². The highest BCUT2D eigenvalue weighted by molar-refractivity contribution is 6.08. The highest BCUT2D eigenvalue weighted by Gasteiger charge is 2.50. The van der Waals surface area contributed by atoms with Crippen LogP contribution in [0.2, 0.25) is 0 Å². The van der Waals surface area contributed by atoms with Crippen molar-refractivity contribution >= 4 is 17.8 Å². The van der Waals surface area contributed by atoms with Crippen molar-refractivity contribution in [3.63, 3.8) is 0 Å². The number of benzene rings is 2. The van der Waals surface area contributed by atoms with Gasteiger partial charge in [0.15, 0.2) is 5.54 Å². The van der Waals surface area contributed by atoms with Crippen molar-refractivity contribution < 1.29 is 36.7 Å². The van der Waals surface area contributed by atoms with Crippen LogP contribution in [0.1, 0.15) is 21.5 Å². The molecule has 0 bridgehead atoms. The smallest absolute Gasteiger partial charge is 0.387 e. The van der Waals surface area contributed by atoms with Crippen molar-refractivity contribution in [3.8, 4) is 5.75 Å². The summed E-state index contributed by atoms with van der Waals surface area (Å²) in [5.74, 6) is -3.66. The van der Waals surface area contributed by atoms with E-state index in [9.17, 15) is 31.9 Å². The molecular formula is C19H13F4N3O4. The number of carbonyl (C=O) groups excluding carboxylic acids is 3. The lowest BCUT2D eigenvalue weighted by molar-refractivity contribution is -0.124. The maximum atomic E-state index is 13.8. The summed E-state index contributed by atoms with van der Waals surface area (Å²) < 4.78 is 56.7. The van der Waals surface area contributed by atoms with E-state index in [-0.39, 0.29) is 23.4 Å². The summed E-state index contributed by atoms with van der Waals surface area (Å²) in [5, 5.41) is 4.36. The van der Waals surface area contributed by atoms with Crippen molar-refractivity contribution in [1.29, 1.82) is 0 Å². The molecule has 7 nitrogen and oxygen atoms in total. The fourth-order valence-corrected chi connectivity index (χ4v) is 3.63. The van der Waals surface area contributed by atoms with Crippen molar-refractivity contribution in [2.75, 3.05) is 6.54 Å². The molecule has 1 unspecified atom stereocenters. The quantitative estimate of drug-likeness (QED) is 0.571. The summed E-state index contributed by atoms with van der Waals surface area (Å²) in [6.45, 7) is -3.52. The number of ether oxygens (including phenoxy) is 1. The number of nitrogens with zero attached hydrogens (tertiary/aromatic N) is 1. The van der Waals surface area contributed by atoms with Crippen LogP contribution in [0.5, 0.6) is 5.75 Å². The number of imide groups is 1. The van der Waals surface area contributed by atoms with Gasteiger partial charge in [-0.15, -0.1) is 0 Å². The van der Waals surface area contributed by atoms with E-state index in [0.717, 1.165) is 18.2 Å². The Morgan fingerprint density at radius 2 is 1.77 bits per heavy atom. The Labute approximate surface area is 166 Å². The molecular weight excluding hydrogens is 410 g/mol. The predicted molar refractivity (Wildman–Crippen MR) is 92.5 cm³/mol. The molecule has 1 atom stereocenters. The summed E-state index contributed by atoms with van der Waals surface area (Å²) >= 11 is 0. The van der Waals surface area contributed by atoms with Crippen molar-refractivity contribution in [2.45, 2.75) is 18.7 Å². The highest BCUT2D eigenvalue weighted by atomic mass is 19.3. The summed E-state index contributed by atoms with van der Waals surface area (Å²) in [5.41, 5.74) is -1.56. The fourth-order valence-electron chi connectivity index (χ4n) is 3.63. The molecule has 1 fully saturated rings. The molecule has 30 heavy (non-hydrogen) atoms. The third-order valence-electron chi connectivity index (χ3n) is 4.91. The molecule has 2 aliphatic heterocycles. The molecule has 11 heteroatoms. The van der Waals surface area contributed by atoms with Gasteiger partial charge in [0, 0.05) is 18.2 Å². The zero-order valence-electron chi connectivity index (χ0n) is 15.0. The van der Waals surface area contributed by atoms with E-state index in [4.69, 9.17) is 0 Å². The second-order valence-corrected chi connectivity index (χ2v) is 6.83. The van der Waals surface area contributed by atoms with E-state index in [1.54, 1.807) is 0 Å². The highest BCUT2D eigenvalue weighted by Crippen LogP contribution is 2.33. The monoisotopic (exact) mass is 423 g/mol. The van der Waals surface area contributed by atoms with E-state index < -0.39 is 48.2 Å². The lowest BCUT2D eigenvalue weighted by Crippen LogP contribution is -2.52. The van der Waals surface area contributed by atoms with Gasteiger partial charge in [-0.3, -0.25) is 14.9 Å². The average molecular weight is 423 g/mol. The predicted octanol–water partition coefficient (Wildman–Crippen LogP) is 2.26. The standard InChI is InChI=1S/C19H13F4N3O4/c20-11-3-10(4-12(21)5-11)19(16(28)24-18(29)25-19)8-26-7-9-1-2-13(30-17(22)23)6-14(9)15(26)27/h1-6,17H,7-8H2,(H2,24,25,28,29). The minimum Gasteiger partial charge on any atom is -0.435 e. The first-order valence-electron chi connectivity index (χ1n) is 8.65. The minimum absolute atomic E-state index is 0.00811. The molecule has 4 amide bonds. The van der Waals surface area contributed by atoms with Gasteiger partial charge in [0.25, 0.3) is 11.8 Å². The summed E-state index contributed by atoms with van der Waals surface area (Å²) in [6, 6.07) is 5.32. The number of halogens is 4. The molecule has 0 spiro atoms. The number of urea groups is 1. The Morgan fingerprint density at radius 1 is 1.07 bits per heavy atom. The maximum absolute atomic E-state index is 13.8. The third kappa shape index (κ3) is 3.31. The van der Waals surface area contributed by atoms with Crippen molar-refractivity contribution in [1.82, 2.24) is 15.5 Å². The third-order valence-corrected chi connectivity index (χ3v) is 4.91. The van der Waals surface area contributed by atoms with E-state index in [0.29, 0.717) is 11.6 Å². The maximum Gasteiger partial charge on any atom is 0.387 e. The average Bonchev–Trinajstić information content (AvgIpc) is 3.11. The first-order valence-corrected chi connectivity index (χ1v) is 8.65. The van der Waals surface area contributed by atoms with Crippen LogP contribution in [-0.4, -0.2) is 35.9 Å². The van der Waals surface area contributed by atoms with E-state index in [2.05, 4.69) is 10.1 Å². The molecule has 2 aromatic rings. The van der Waals surface area contributed by atoms with Crippen LogP contribution in [0.4, 0.5) is 22.4 Å². The number of hydrogen-bond donors (Lipinski definition) is 2. The Hall–Kier alpha value is -3.63. The molecule has 0 saturated carbocycles. The van der Waals surface area contributed by atoms with Gasteiger partial charge in [-0.1, -0.05) is 6.07 Å². The lowest BCUT2D eigenvalue weighted by atomic mass is 9.89. The van der Waals surface area contributed by atoms with Gasteiger partial charge in [-0.25, -0.2) is 13.6 Å².